The van der Waals surface area contributed by atoms with E-state index in [1.807, 2.05) is 19.1 Å². The molecule has 5 nitrogen and oxygen atoms in total. The average Bonchev–Trinajstić information content (AvgIpc) is 3.34. The summed E-state index contributed by atoms with van der Waals surface area (Å²) in [5.41, 5.74) is 4.90. The predicted octanol–water partition coefficient (Wildman–Crippen LogP) is 3.57. The summed E-state index contributed by atoms with van der Waals surface area (Å²) in [4.78, 5) is 4.36. The van der Waals surface area contributed by atoms with Crippen molar-refractivity contribution in [1.29, 1.82) is 0 Å². The minimum absolute atomic E-state index is 0.590. The van der Waals surface area contributed by atoms with Crippen molar-refractivity contribution in [1.82, 2.24) is 15.5 Å². The van der Waals surface area contributed by atoms with E-state index in [1.165, 1.54) is 16.7 Å². The molecule has 0 amide bonds. The number of nitrogens with zero attached hydrogens (tertiary/aromatic N) is 2. The quantitative estimate of drug-likeness (QED) is 0.661. The third-order valence-electron chi connectivity index (χ3n) is 4.66. The molecule has 134 valence electrons. The van der Waals surface area contributed by atoms with Crippen LogP contribution in [-0.4, -0.2) is 23.3 Å². The molecule has 1 aliphatic heterocycles. The lowest BCUT2D eigenvalue weighted by Gasteiger charge is -2.07. The third kappa shape index (κ3) is 3.78. The molecule has 0 radical (unpaired) electrons. The summed E-state index contributed by atoms with van der Waals surface area (Å²) in [5, 5.41) is 7.46. The monoisotopic (exact) mass is 349 g/mol. The van der Waals surface area contributed by atoms with Gasteiger partial charge < -0.3 is 14.6 Å². The molecule has 0 atom stereocenters. The van der Waals surface area contributed by atoms with Crippen LogP contribution in [0.5, 0.6) is 5.75 Å². The molecule has 0 saturated heterocycles. The SMILES string of the molecule is CCc1noc(-c2ccc(CCNCc3ccc4c(c3)CCO4)cc2)n1. The molecular formula is C21H23N3O2. The highest BCUT2D eigenvalue weighted by atomic mass is 16.5. The molecule has 0 saturated carbocycles. The van der Waals surface area contributed by atoms with Gasteiger partial charge in [0.05, 0.1) is 6.61 Å². The van der Waals surface area contributed by atoms with Crippen molar-refractivity contribution in [2.45, 2.75) is 32.7 Å². The normalized spacial score (nSPS) is 12.8. The first-order valence-electron chi connectivity index (χ1n) is 9.19. The van der Waals surface area contributed by atoms with E-state index in [0.29, 0.717) is 5.89 Å². The Morgan fingerprint density at radius 1 is 1.08 bits per heavy atom. The molecule has 0 fully saturated rings. The summed E-state index contributed by atoms with van der Waals surface area (Å²) in [7, 11) is 0. The Kier molecular flexibility index (Phi) is 4.97. The average molecular weight is 349 g/mol. The van der Waals surface area contributed by atoms with Crippen molar-refractivity contribution in [2.75, 3.05) is 13.2 Å². The van der Waals surface area contributed by atoms with Crippen LogP contribution < -0.4 is 10.1 Å². The lowest BCUT2D eigenvalue weighted by Crippen LogP contribution is -2.16. The van der Waals surface area contributed by atoms with E-state index in [2.05, 4.69) is 45.8 Å². The molecule has 0 spiro atoms. The number of ether oxygens (including phenoxy) is 1. The molecule has 5 heteroatoms. The second kappa shape index (κ2) is 7.70. The first-order valence-corrected chi connectivity index (χ1v) is 9.19. The summed E-state index contributed by atoms with van der Waals surface area (Å²) in [6, 6.07) is 14.8. The van der Waals surface area contributed by atoms with Gasteiger partial charge in [0.15, 0.2) is 5.82 Å². The lowest BCUT2D eigenvalue weighted by molar-refractivity contribution is 0.357. The maximum Gasteiger partial charge on any atom is 0.257 e. The Hall–Kier alpha value is -2.66. The van der Waals surface area contributed by atoms with Gasteiger partial charge in [0.1, 0.15) is 5.75 Å². The summed E-state index contributed by atoms with van der Waals surface area (Å²) < 4.78 is 10.8. The summed E-state index contributed by atoms with van der Waals surface area (Å²) in [6.07, 6.45) is 2.79. The number of hydrogen-bond donors (Lipinski definition) is 1. The number of nitrogens with one attached hydrogen (secondary N) is 1. The molecule has 0 unspecified atom stereocenters. The van der Waals surface area contributed by atoms with Gasteiger partial charge in [-0.3, -0.25) is 0 Å². The Bertz CT molecular complexity index is 871. The molecule has 2 heterocycles. The van der Waals surface area contributed by atoms with Crippen molar-refractivity contribution in [3.05, 3.63) is 65.0 Å². The van der Waals surface area contributed by atoms with E-state index < -0.39 is 0 Å². The van der Waals surface area contributed by atoms with Crippen LogP contribution in [-0.2, 0) is 25.8 Å². The van der Waals surface area contributed by atoms with Gasteiger partial charge in [0, 0.05) is 24.9 Å². The van der Waals surface area contributed by atoms with E-state index in [1.54, 1.807) is 0 Å². The topological polar surface area (TPSA) is 60.2 Å². The van der Waals surface area contributed by atoms with E-state index in [0.717, 1.165) is 56.1 Å². The zero-order valence-electron chi connectivity index (χ0n) is 15.0. The largest absolute Gasteiger partial charge is 0.493 e. The van der Waals surface area contributed by atoms with Crippen LogP contribution in [0.1, 0.15) is 29.4 Å². The first kappa shape index (κ1) is 16.8. The molecule has 1 N–H and O–H groups in total. The van der Waals surface area contributed by atoms with Gasteiger partial charge in [-0.1, -0.05) is 36.3 Å². The van der Waals surface area contributed by atoms with Crippen LogP contribution in [0.25, 0.3) is 11.5 Å². The smallest absolute Gasteiger partial charge is 0.257 e. The van der Waals surface area contributed by atoms with E-state index in [4.69, 9.17) is 9.26 Å². The van der Waals surface area contributed by atoms with Crippen LogP contribution in [0, 0.1) is 0 Å². The highest BCUT2D eigenvalue weighted by Crippen LogP contribution is 2.25. The van der Waals surface area contributed by atoms with Crippen molar-refractivity contribution in [2.24, 2.45) is 0 Å². The third-order valence-corrected chi connectivity index (χ3v) is 4.66. The molecular weight excluding hydrogens is 326 g/mol. The molecule has 1 aromatic heterocycles. The maximum atomic E-state index is 5.55. The molecule has 2 aromatic carbocycles. The number of aryl methyl sites for hydroxylation is 1. The van der Waals surface area contributed by atoms with Crippen molar-refractivity contribution in [3.63, 3.8) is 0 Å². The Labute approximate surface area is 153 Å². The lowest BCUT2D eigenvalue weighted by atomic mass is 10.1. The van der Waals surface area contributed by atoms with Crippen molar-refractivity contribution >= 4 is 0 Å². The zero-order valence-corrected chi connectivity index (χ0v) is 15.0. The van der Waals surface area contributed by atoms with E-state index in [9.17, 15) is 0 Å². The second-order valence-corrected chi connectivity index (χ2v) is 6.53. The fourth-order valence-corrected chi connectivity index (χ4v) is 3.14. The Balaban J connectivity index is 1.27. The van der Waals surface area contributed by atoms with Gasteiger partial charge in [-0.2, -0.15) is 4.98 Å². The number of aromatic nitrogens is 2. The highest BCUT2D eigenvalue weighted by molar-refractivity contribution is 5.53. The fraction of sp³-hybridized carbons (Fsp3) is 0.333. The van der Waals surface area contributed by atoms with Crippen molar-refractivity contribution < 1.29 is 9.26 Å². The molecule has 0 bridgehead atoms. The van der Waals surface area contributed by atoms with E-state index >= 15 is 0 Å². The van der Waals surface area contributed by atoms with Gasteiger partial charge in [-0.15, -0.1) is 0 Å². The predicted molar refractivity (Wildman–Crippen MR) is 100 cm³/mol. The fourth-order valence-electron chi connectivity index (χ4n) is 3.14. The number of hydrogen-bond acceptors (Lipinski definition) is 5. The molecule has 3 aromatic rings. The van der Waals surface area contributed by atoms with Gasteiger partial charge in [0.25, 0.3) is 5.89 Å². The molecule has 0 aliphatic carbocycles. The Morgan fingerprint density at radius 3 is 2.73 bits per heavy atom. The van der Waals surface area contributed by atoms with Crippen LogP contribution >= 0.6 is 0 Å². The van der Waals surface area contributed by atoms with Gasteiger partial charge >= 0.3 is 0 Å². The zero-order chi connectivity index (χ0) is 17.8. The number of rotatable bonds is 7. The molecule has 4 rings (SSSR count). The highest BCUT2D eigenvalue weighted by Gasteiger charge is 2.11. The minimum Gasteiger partial charge on any atom is -0.493 e. The van der Waals surface area contributed by atoms with Crippen LogP contribution in [0.2, 0.25) is 0 Å². The van der Waals surface area contributed by atoms with E-state index in [-0.39, 0.29) is 0 Å². The van der Waals surface area contributed by atoms with Crippen LogP contribution in [0.15, 0.2) is 47.0 Å². The first-order chi connectivity index (χ1) is 12.8. The summed E-state index contributed by atoms with van der Waals surface area (Å²) in [5.74, 6) is 2.37. The number of fused-ring (bicyclic) bond motifs is 1. The van der Waals surface area contributed by atoms with Crippen LogP contribution in [0.3, 0.4) is 0 Å². The standard InChI is InChI=1S/C21H23N3O2/c1-2-20-23-21(26-24-20)17-6-3-15(4-7-17)9-11-22-14-16-5-8-19-18(13-16)10-12-25-19/h3-8,13,22H,2,9-12,14H2,1H3. The second-order valence-electron chi connectivity index (χ2n) is 6.53. The maximum absolute atomic E-state index is 5.55. The minimum atomic E-state index is 0.590. The number of benzene rings is 2. The molecule has 1 aliphatic rings. The van der Waals surface area contributed by atoms with Crippen LogP contribution in [0.4, 0.5) is 0 Å². The molecule has 26 heavy (non-hydrogen) atoms. The van der Waals surface area contributed by atoms with Gasteiger partial charge in [0.2, 0.25) is 0 Å². The summed E-state index contributed by atoms with van der Waals surface area (Å²) in [6.45, 7) is 4.65. The van der Waals surface area contributed by atoms with Gasteiger partial charge in [-0.25, -0.2) is 0 Å². The van der Waals surface area contributed by atoms with Gasteiger partial charge in [-0.05, 0) is 47.9 Å². The Morgan fingerprint density at radius 2 is 1.92 bits per heavy atom. The van der Waals surface area contributed by atoms with Crippen molar-refractivity contribution in [3.8, 4) is 17.2 Å². The summed E-state index contributed by atoms with van der Waals surface area (Å²) >= 11 is 0.